The summed E-state index contributed by atoms with van der Waals surface area (Å²) >= 11 is 0.230. The van der Waals surface area contributed by atoms with Gasteiger partial charge in [0.25, 0.3) is 0 Å². The van der Waals surface area contributed by atoms with Gasteiger partial charge in [0.2, 0.25) is 0 Å². The fourth-order valence-electron chi connectivity index (χ4n) is 3.18. The van der Waals surface area contributed by atoms with E-state index in [4.69, 9.17) is 0 Å². The van der Waals surface area contributed by atoms with Gasteiger partial charge in [0.05, 0.1) is 0 Å². The van der Waals surface area contributed by atoms with Crippen LogP contribution in [0.3, 0.4) is 0 Å². The normalized spacial score (nSPS) is 9.86. The van der Waals surface area contributed by atoms with E-state index < -0.39 is 0 Å². The Kier molecular flexibility index (Phi) is 46.4. The minimum atomic E-state index is 0.122. The molecule has 0 amide bonds. The molecule has 0 N–H and O–H groups in total. The molecule has 0 aromatic heterocycles. The van der Waals surface area contributed by atoms with Crippen LogP contribution >= 0.6 is 0 Å². The molecule has 29 heavy (non-hydrogen) atoms. The van der Waals surface area contributed by atoms with Crippen molar-refractivity contribution in [1.29, 1.82) is 0 Å². The summed E-state index contributed by atoms with van der Waals surface area (Å²) in [7, 11) is 0. The summed E-state index contributed by atoms with van der Waals surface area (Å²) in [6.45, 7) is 4.75. The molecule has 0 aliphatic rings. The quantitative estimate of drug-likeness (QED) is 0.125. The third kappa shape index (κ3) is 47.8. The summed E-state index contributed by atoms with van der Waals surface area (Å²) in [5.41, 5.74) is 0. The van der Waals surface area contributed by atoms with Crippen LogP contribution in [0.15, 0.2) is 0 Å². The molecule has 0 atom stereocenters. The predicted molar refractivity (Wildman–Crippen MR) is 131 cm³/mol. The van der Waals surface area contributed by atoms with Gasteiger partial charge in [0, 0.05) is 0 Å². The standard InChI is InChI=1S/2C12H25O.2CH3.Sn/c2*1-2-3-4-5-6-7-8-9-10-11-12-13;;;/h2*2-12H2,1H3;2*1H3;/q2*-1;;;+2. The Morgan fingerprint density at radius 3 is 0.724 bits per heavy atom. The van der Waals surface area contributed by atoms with Crippen molar-refractivity contribution >= 4 is 21.1 Å². The first-order valence-electron chi connectivity index (χ1n) is 13.0. The molecule has 2 nitrogen and oxygen atoms in total. The van der Waals surface area contributed by atoms with Crippen LogP contribution in [0.2, 0.25) is 9.88 Å². The second kappa shape index (κ2) is 39.2. The zero-order valence-corrected chi connectivity index (χ0v) is 23.7. The first-order valence-corrected chi connectivity index (χ1v) is 18.7. The molecule has 3 heteroatoms. The fourth-order valence-corrected chi connectivity index (χ4v) is 3.18. The Bertz CT molecular complexity index is 183. The van der Waals surface area contributed by atoms with Crippen molar-refractivity contribution in [3.63, 3.8) is 0 Å². The molecule has 0 aliphatic carbocycles. The molecule has 0 spiro atoms. The van der Waals surface area contributed by atoms with Gasteiger partial charge in [-0.25, -0.2) is 0 Å². The molecule has 0 aliphatic heterocycles. The van der Waals surface area contributed by atoms with Gasteiger partial charge in [-0.05, 0) is 0 Å². The summed E-state index contributed by atoms with van der Waals surface area (Å²) in [4.78, 5) is 4.59. The average Bonchev–Trinajstić information content (AvgIpc) is 2.72. The summed E-state index contributed by atoms with van der Waals surface area (Å²) in [5.74, 6) is 0. The molecule has 0 rings (SSSR count). The van der Waals surface area contributed by atoms with Crippen LogP contribution in [0, 0.1) is 0 Å². The third-order valence-corrected chi connectivity index (χ3v) is 5.00. The monoisotopic (exact) mass is 520 g/mol. The second-order valence-corrected chi connectivity index (χ2v) is 11.1. The van der Waals surface area contributed by atoms with Crippen LogP contribution < -0.4 is 10.2 Å². The SMILES string of the molecule is CCCCCCCCCCCC[O-].CCCCCCCCCCCC[O-].[CH3][Sn+2][CH3]. The van der Waals surface area contributed by atoms with Crippen molar-refractivity contribution in [2.24, 2.45) is 0 Å². The molecule has 0 fully saturated rings. The summed E-state index contributed by atoms with van der Waals surface area (Å²) < 4.78 is 0. The van der Waals surface area contributed by atoms with E-state index in [1.165, 1.54) is 103 Å². The Balaban J connectivity index is -0.000000410. The molecule has 0 saturated carbocycles. The molecule has 0 unspecified atom stereocenters. The number of rotatable bonds is 20. The Morgan fingerprint density at radius 2 is 0.552 bits per heavy atom. The van der Waals surface area contributed by atoms with Gasteiger partial charge in [0.15, 0.2) is 0 Å². The van der Waals surface area contributed by atoms with E-state index in [9.17, 15) is 10.2 Å². The van der Waals surface area contributed by atoms with Crippen molar-refractivity contribution in [1.82, 2.24) is 0 Å². The van der Waals surface area contributed by atoms with Gasteiger partial charge in [0.1, 0.15) is 0 Å². The van der Waals surface area contributed by atoms with E-state index in [1.54, 1.807) is 0 Å². The number of hydrogen-bond acceptors (Lipinski definition) is 2. The molecule has 0 heterocycles. The summed E-state index contributed by atoms with van der Waals surface area (Å²) in [6.07, 6.45) is 26.0. The van der Waals surface area contributed by atoms with Crippen LogP contribution in [-0.2, 0) is 0 Å². The Labute approximate surface area is 196 Å². The van der Waals surface area contributed by atoms with E-state index in [0.717, 1.165) is 25.7 Å². The van der Waals surface area contributed by atoms with Gasteiger partial charge >= 0.3 is 31.0 Å². The molecular formula is C26H56O2Sn. The fraction of sp³-hybridized carbons (Fsp3) is 1.00. The van der Waals surface area contributed by atoms with Crippen molar-refractivity contribution < 1.29 is 10.2 Å². The molecule has 0 bridgehead atoms. The van der Waals surface area contributed by atoms with Crippen molar-refractivity contribution in [3.8, 4) is 0 Å². The summed E-state index contributed by atoms with van der Waals surface area (Å²) in [5, 5.41) is 20.3. The molecule has 0 aromatic carbocycles. The molecule has 0 radical (unpaired) electrons. The van der Waals surface area contributed by atoms with Crippen LogP contribution in [0.4, 0.5) is 0 Å². The minimum absolute atomic E-state index is 0.122. The van der Waals surface area contributed by atoms with Crippen LogP contribution in [0.25, 0.3) is 0 Å². The Hall–Kier alpha value is 0.719. The van der Waals surface area contributed by atoms with Gasteiger partial charge in [-0.3, -0.25) is 0 Å². The number of hydrogen-bond donors (Lipinski definition) is 0. The van der Waals surface area contributed by atoms with E-state index in [1.807, 2.05) is 0 Å². The third-order valence-electron chi connectivity index (χ3n) is 5.00. The second-order valence-electron chi connectivity index (χ2n) is 8.27. The van der Waals surface area contributed by atoms with Gasteiger partial charge in [-0.1, -0.05) is 142 Å². The number of unbranched alkanes of at least 4 members (excludes halogenated alkanes) is 18. The van der Waals surface area contributed by atoms with Crippen molar-refractivity contribution in [2.75, 3.05) is 13.2 Å². The van der Waals surface area contributed by atoms with Crippen LogP contribution in [0.1, 0.15) is 142 Å². The predicted octanol–water partition coefficient (Wildman–Crippen LogP) is 7.32. The Morgan fingerprint density at radius 1 is 0.379 bits per heavy atom. The van der Waals surface area contributed by atoms with Gasteiger partial charge < -0.3 is 10.2 Å². The van der Waals surface area contributed by atoms with Crippen molar-refractivity contribution in [2.45, 2.75) is 152 Å². The topological polar surface area (TPSA) is 46.1 Å². The van der Waals surface area contributed by atoms with E-state index in [-0.39, 0.29) is 34.4 Å². The van der Waals surface area contributed by atoms with E-state index in [2.05, 4.69) is 23.7 Å². The van der Waals surface area contributed by atoms with Crippen molar-refractivity contribution in [3.05, 3.63) is 0 Å². The van der Waals surface area contributed by atoms with Gasteiger partial charge in [-0.15, -0.1) is 13.2 Å². The van der Waals surface area contributed by atoms with Gasteiger partial charge in [-0.2, -0.15) is 0 Å². The average molecular weight is 519 g/mol. The zero-order valence-electron chi connectivity index (χ0n) is 20.9. The maximum atomic E-state index is 10.1. The van der Waals surface area contributed by atoms with Crippen LogP contribution in [-0.4, -0.2) is 34.4 Å². The van der Waals surface area contributed by atoms with E-state index in [0.29, 0.717) is 0 Å². The summed E-state index contributed by atoms with van der Waals surface area (Å²) in [6, 6.07) is 0. The molecule has 0 aromatic rings. The maximum absolute atomic E-state index is 10.1. The zero-order chi connectivity index (χ0) is 22.3. The molecule has 0 saturated heterocycles. The molecular weight excluding hydrogens is 463 g/mol. The first-order chi connectivity index (χ1) is 14.2. The van der Waals surface area contributed by atoms with E-state index >= 15 is 0 Å². The van der Waals surface area contributed by atoms with Crippen LogP contribution in [0.5, 0.6) is 0 Å². The molecule has 176 valence electrons. The first kappa shape index (κ1) is 34.3.